The van der Waals surface area contributed by atoms with Crippen LogP contribution in [-0.2, 0) is 30.3 Å². The summed E-state index contributed by atoms with van der Waals surface area (Å²) in [7, 11) is 0. The second kappa shape index (κ2) is 15.2. The van der Waals surface area contributed by atoms with Crippen molar-refractivity contribution in [3.8, 4) is 0 Å². The highest BCUT2D eigenvalue weighted by Gasteiger charge is 2.35. The van der Waals surface area contributed by atoms with Gasteiger partial charge in [0.1, 0.15) is 29.8 Å². The minimum absolute atomic E-state index is 0.197. The van der Waals surface area contributed by atoms with E-state index >= 15 is 0 Å². The third-order valence-electron chi connectivity index (χ3n) is 5.88. The van der Waals surface area contributed by atoms with Crippen molar-refractivity contribution in [1.82, 2.24) is 15.5 Å². The summed E-state index contributed by atoms with van der Waals surface area (Å²) in [4.78, 5) is 54.6. The third-order valence-corrected chi connectivity index (χ3v) is 5.88. The van der Waals surface area contributed by atoms with Gasteiger partial charge in [-0.25, -0.2) is 9.59 Å². The maximum Gasteiger partial charge on any atom is 0.408 e. The Kier molecular flexibility index (Phi) is 12.3. The summed E-state index contributed by atoms with van der Waals surface area (Å²) in [5.41, 5.74) is 0.619. The fraction of sp³-hybridized carbons (Fsp3) is 0.455. The Labute approximate surface area is 249 Å². The average Bonchev–Trinajstić information content (AvgIpc) is 2.90. The van der Waals surface area contributed by atoms with Gasteiger partial charge in [-0.15, -0.1) is 0 Å². The summed E-state index contributed by atoms with van der Waals surface area (Å²) in [5.74, 6) is -1.62. The molecule has 228 valence electrons. The number of alkyl carbamates (subject to hydrolysis) is 1. The van der Waals surface area contributed by atoms with Crippen molar-refractivity contribution >= 4 is 30.0 Å². The Morgan fingerprint density at radius 1 is 0.929 bits per heavy atom. The van der Waals surface area contributed by atoms with E-state index in [1.165, 1.54) is 4.90 Å². The summed E-state index contributed by atoms with van der Waals surface area (Å²) < 4.78 is 10.9. The Hall–Kier alpha value is -4.14. The van der Waals surface area contributed by atoms with Crippen molar-refractivity contribution in [3.05, 3.63) is 77.9 Å². The predicted molar refractivity (Wildman–Crippen MR) is 163 cm³/mol. The van der Waals surface area contributed by atoms with Crippen LogP contribution in [0, 0.1) is 0 Å². The summed E-state index contributed by atoms with van der Waals surface area (Å²) in [5, 5.41) is 5.36. The van der Waals surface area contributed by atoms with E-state index in [-0.39, 0.29) is 19.5 Å². The quantitative estimate of drug-likeness (QED) is 0.334. The van der Waals surface area contributed by atoms with E-state index in [4.69, 9.17) is 9.47 Å². The molecule has 2 atom stereocenters. The van der Waals surface area contributed by atoms with Crippen LogP contribution in [0.2, 0.25) is 0 Å². The number of carbonyl (C=O) groups excluding carboxylic acids is 4. The Balaban J connectivity index is 2.46. The molecule has 2 aromatic rings. The molecule has 0 aliphatic carbocycles. The molecule has 2 rings (SSSR count). The van der Waals surface area contributed by atoms with Crippen LogP contribution in [0.4, 0.5) is 4.79 Å². The van der Waals surface area contributed by atoms with Crippen LogP contribution in [-0.4, -0.2) is 59.1 Å². The first-order chi connectivity index (χ1) is 19.6. The van der Waals surface area contributed by atoms with Gasteiger partial charge in [0.05, 0.1) is 0 Å². The van der Waals surface area contributed by atoms with Crippen LogP contribution in [0.25, 0.3) is 6.08 Å². The molecule has 0 radical (unpaired) electrons. The molecule has 0 saturated carbocycles. The second-order valence-corrected chi connectivity index (χ2v) is 12.0. The van der Waals surface area contributed by atoms with Crippen molar-refractivity contribution < 1.29 is 28.7 Å². The smallest absolute Gasteiger partial charge is 0.408 e. The average molecular weight is 580 g/mol. The first-order valence-electron chi connectivity index (χ1n) is 14.2. The van der Waals surface area contributed by atoms with Gasteiger partial charge in [0.25, 0.3) is 0 Å². The van der Waals surface area contributed by atoms with E-state index in [1.807, 2.05) is 43.3 Å². The van der Waals surface area contributed by atoms with Crippen molar-refractivity contribution in [2.75, 3.05) is 13.1 Å². The standard InChI is InChI=1S/C33H45N3O6/c1-9-19-36(27(37)22-34-31(40)42-33(6,7)8)28(25-18-14-17-23(10-2)20-25)29(38)35-26(30(39)41-32(3,4)5)21-24-15-12-11-13-16-24/h10-18,20,26,28H,2,9,19,21-22H2,1,3-8H3,(H,34,40)(H,35,38). The maximum atomic E-state index is 14.1. The van der Waals surface area contributed by atoms with Crippen molar-refractivity contribution in [1.29, 1.82) is 0 Å². The number of hydrogen-bond donors (Lipinski definition) is 2. The van der Waals surface area contributed by atoms with Crippen molar-refractivity contribution in [2.24, 2.45) is 0 Å². The van der Waals surface area contributed by atoms with E-state index in [1.54, 1.807) is 65.8 Å². The van der Waals surface area contributed by atoms with E-state index in [9.17, 15) is 19.2 Å². The number of esters is 1. The van der Waals surface area contributed by atoms with Crippen LogP contribution < -0.4 is 10.6 Å². The lowest BCUT2D eigenvalue weighted by Crippen LogP contribution is -2.52. The van der Waals surface area contributed by atoms with E-state index in [2.05, 4.69) is 17.2 Å². The van der Waals surface area contributed by atoms with Gasteiger partial charge in [-0.2, -0.15) is 0 Å². The molecule has 2 unspecified atom stereocenters. The molecule has 0 bridgehead atoms. The van der Waals surface area contributed by atoms with Crippen molar-refractivity contribution in [2.45, 2.75) is 84.6 Å². The van der Waals surface area contributed by atoms with E-state index in [0.717, 1.165) is 11.1 Å². The highest BCUT2D eigenvalue weighted by Crippen LogP contribution is 2.24. The monoisotopic (exact) mass is 579 g/mol. The normalized spacial score (nSPS) is 12.8. The first-order valence-corrected chi connectivity index (χ1v) is 14.2. The molecule has 0 saturated heterocycles. The van der Waals surface area contributed by atoms with Crippen molar-refractivity contribution in [3.63, 3.8) is 0 Å². The zero-order valence-corrected chi connectivity index (χ0v) is 25.9. The third kappa shape index (κ3) is 11.4. The molecule has 9 nitrogen and oxygen atoms in total. The zero-order valence-electron chi connectivity index (χ0n) is 25.9. The molecule has 0 heterocycles. The number of hydrogen-bond acceptors (Lipinski definition) is 6. The minimum Gasteiger partial charge on any atom is -0.458 e. The number of nitrogens with zero attached hydrogens (tertiary/aromatic N) is 1. The molecule has 9 heteroatoms. The van der Waals surface area contributed by atoms with E-state index in [0.29, 0.717) is 12.0 Å². The van der Waals surface area contributed by atoms with Crippen LogP contribution in [0.3, 0.4) is 0 Å². The molecule has 3 amide bonds. The van der Waals surface area contributed by atoms with Gasteiger partial charge < -0.3 is 25.0 Å². The fourth-order valence-corrected chi connectivity index (χ4v) is 4.20. The molecule has 0 aromatic heterocycles. The Bertz CT molecular complexity index is 1230. The lowest BCUT2D eigenvalue weighted by Gasteiger charge is -2.33. The topological polar surface area (TPSA) is 114 Å². The first kappa shape index (κ1) is 34.1. The summed E-state index contributed by atoms with van der Waals surface area (Å²) in [6.07, 6.45) is 1.65. The Morgan fingerprint density at radius 3 is 2.14 bits per heavy atom. The van der Waals surface area contributed by atoms with Crippen LogP contribution in [0.5, 0.6) is 0 Å². The molecule has 0 aliphatic heterocycles. The van der Waals surface area contributed by atoms with Gasteiger partial charge in [-0.05, 0) is 70.7 Å². The molecule has 0 aliphatic rings. The number of amides is 3. The molecule has 2 aromatic carbocycles. The van der Waals surface area contributed by atoms with Gasteiger partial charge in [-0.1, -0.05) is 68.1 Å². The summed E-state index contributed by atoms with van der Waals surface area (Å²) in [6, 6.07) is 14.3. The lowest BCUT2D eigenvalue weighted by molar-refractivity contribution is -0.159. The van der Waals surface area contributed by atoms with Crippen LogP contribution in [0.1, 0.15) is 77.6 Å². The highest BCUT2D eigenvalue weighted by atomic mass is 16.6. The molecular formula is C33H45N3O6. The minimum atomic E-state index is -1.10. The number of ether oxygens (including phenoxy) is 2. The Morgan fingerprint density at radius 2 is 1.57 bits per heavy atom. The number of rotatable bonds is 12. The zero-order chi connectivity index (χ0) is 31.5. The predicted octanol–water partition coefficient (Wildman–Crippen LogP) is 5.20. The highest BCUT2D eigenvalue weighted by molar-refractivity contribution is 5.93. The van der Waals surface area contributed by atoms with Gasteiger partial charge in [0.2, 0.25) is 11.8 Å². The molecule has 2 N–H and O–H groups in total. The van der Waals surface area contributed by atoms with Gasteiger partial charge in [0.15, 0.2) is 0 Å². The summed E-state index contributed by atoms with van der Waals surface area (Å²) >= 11 is 0. The number of carbonyl (C=O) groups is 4. The number of benzene rings is 2. The SMILES string of the molecule is C=Cc1cccc(C(C(=O)NC(Cc2ccccc2)C(=O)OC(C)(C)C)N(CCC)C(=O)CNC(=O)OC(C)(C)C)c1. The molecule has 42 heavy (non-hydrogen) atoms. The van der Waals surface area contributed by atoms with Gasteiger partial charge in [-0.3, -0.25) is 9.59 Å². The maximum absolute atomic E-state index is 14.1. The van der Waals surface area contributed by atoms with Gasteiger partial charge in [0, 0.05) is 13.0 Å². The number of nitrogens with one attached hydrogen (secondary N) is 2. The molecule has 0 fully saturated rings. The fourth-order valence-electron chi connectivity index (χ4n) is 4.20. The summed E-state index contributed by atoms with van der Waals surface area (Å²) in [6.45, 7) is 16.0. The molecular weight excluding hydrogens is 534 g/mol. The largest absolute Gasteiger partial charge is 0.458 e. The van der Waals surface area contributed by atoms with Crippen LogP contribution >= 0.6 is 0 Å². The van der Waals surface area contributed by atoms with Crippen LogP contribution in [0.15, 0.2) is 61.2 Å². The van der Waals surface area contributed by atoms with E-state index < -0.39 is 47.2 Å². The molecule has 0 spiro atoms. The lowest BCUT2D eigenvalue weighted by atomic mass is 9.99. The second-order valence-electron chi connectivity index (χ2n) is 12.0. The van der Waals surface area contributed by atoms with Gasteiger partial charge >= 0.3 is 12.1 Å².